The smallest absolute Gasteiger partial charge is 0.308 e. The van der Waals surface area contributed by atoms with Crippen LogP contribution in [0.25, 0.3) is 0 Å². The van der Waals surface area contributed by atoms with Crippen molar-refractivity contribution in [2.45, 2.75) is 37.3 Å². The van der Waals surface area contributed by atoms with E-state index in [2.05, 4.69) is 11.9 Å². The van der Waals surface area contributed by atoms with Crippen LogP contribution in [0.2, 0.25) is 5.02 Å². The van der Waals surface area contributed by atoms with E-state index in [4.69, 9.17) is 11.6 Å². The van der Waals surface area contributed by atoms with Gasteiger partial charge in [0.05, 0.1) is 5.92 Å². The lowest BCUT2D eigenvalue weighted by molar-refractivity contribution is -0.146. The highest BCUT2D eigenvalue weighted by Crippen LogP contribution is 2.46. The second-order valence-electron chi connectivity index (χ2n) is 5.72. The third kappa shape index (κ3) is 2.15. The Kier molecular flexibility index (Phi) is 3.27. The summed E-state index contributed by atoms with van der Waals surface area (Å²) in [5.41, 5.74) is 1.11. The van der Waals surface area contributed by atoms with E-state index in [0.717, 1.165) is 24.8 Å². The summed E-state index contributed by atoms with van der Waals surface area (Å²) < 4.78 is 0. The lowest BCUT2D eigenvalue weighted by atomic mass is 9.76. The molecule has 3 nitrogen and oxygen atoms in total. The number of fused-ring (bicyclic) bond motifs is 2. The molecule has 0 aromatic heterocycles. The standard InChI is InChI=1S/C15H18ClNO2/c1-17-11-6-7-13(17)14(15(18)19)12(8-11)9-2-4-10(16)5-3-9/h2-5,11-14H,6-8H2,1H3,(H,18,19)/t11-,12-,13+,14+/m1/s1. The summed E-state index contributed by atoms with van der Waals surface area (Å²) in [6.07, 6.45) is 3.06. The molecule has 4 heteroatoms. The minimum Gasteiger partial charge on any atom is -0.481 e. The van der Waals surface area contributed by atoms with Crippen molar-refractivity contribution in [3.05, 3.63) is 34.9 Å². The highest BCUT2D eigenvalue weighted by molar-refractivity contribution is 6.30. The number of hydrogen-bond donors (Lipinski definition) is 1. The van der Waals surface area contributed by atoms with Crippen LogP contribution in [-0.4, -0.2) is 35.1 Å². The third-order valence-corrected chi connectivity index (χ3v) is 5.10. The van der Waals surface area contributed by atoms with E-state index in [1.165, 1.54) is 0 Å². The van der Waals surface area contributed by atoms with Crippen molar-refractivity contribution < 1.29 is 9.90 Å². The molecule has 0 spiro atoms. The van der Waals surface area contributed by atoms with Crippen LogP contribution in [0.15, 0.2) is 24.3 Å². The lowest BCUT2D eigenvalue weighted by Gasteiger charge is -2.41. The Balaban J connectivity index is 1.95. The molecule has 1 N–H and O–H groups in total. The van der Waals surface area contributed by atoms with Crippen molar-refractivity contribution in [1.82, 2.24) is 4.90 Å². The van der Waals surface area contributed by atoms with Gasteiger partial charge >= 0.3 is 5.97 Å². The van der Waals surface area contributed by atoms with Crippen LogP contribution in [-0.2, 0) is 4.79 Å². The first kappa shape index (κ1) is 12.9. The minimum atomic E-state index is -0.669. The Morgan fingerprint density at radius 2 is 2.00 bits per heavy atom. The first-order valence-electron chi connectivity index (χ1n) is 6.78. The van der Waals surface area contributed by atoms with Crippen LogP contribution >= 0.6 is 11.6 Å². The van der Waals surface area contributed by atoms with Crippen molar-refractivity contribution in [2.24, 2.45) is 5.92 Å². The number of benzene rings is 1. The third-order valence-electron chi connectivity index (χ3n) is 4.85. The summed E-state index contributed by atoms with van der Waals surface area (Å²) in [4.78, 5) is 14.0. The molecule has 1 aromatic rings. The Hall–Kier alpha value is -1.06. The highest BCUT2D eigenvalue weighted by atomic mass is 35.5. The highest BCUT2D eigenvalue weighted by Gasteiger charge is 2.49. The van der Waals surface area contributed by atoms with Crippen molar-refractivity contribution in [1.29, 1.82) is 0 Å². The Labute approximate surface area is 118 Å². The van der Waals surface area contributed by atoms with Crippen LogP contribution in [0.5, 0.6) is 0 Å². The van der Waals surface area contributed by atoms with Gasteiger partial charge in [-0.3, -0.25) is 9.69 Å². The summed E-state index contributed by atoms with van der Waals surface area (Å²) >= 11 is 5.92. The molecule has 0 aliphatic carbocycles. The van der Waals surface area contributed by atoms with Crippen molar-refractivity contribution >= 4 is 17.6 Å². The molecule has 102 valence electrons. The van der Waals surface area contributed by atoms with E-state index in [-0.39, 0.29) is 17.9 Å². The Morgan fingerprint density at radius 1 is 1.32 bits per heavy atom. The number of aliphatic carboxylic acids is 1. The Bertz CT molecular complexity index is 487. The van der Waals surface area contributed by atoms with Gasteiger partial charge in [-0.1, -0.05) is 23.7 Å². The van der Waals surface area contributed by atoms with E-state index in [1.807, 2.05) is 24.3 Å². The van der Waals surface area contributed by atoms with E-state index >= 15 is 0 Å². The molecule has 0 radical (unpaired) electrons. The molecule has 3 rings (SSSR count). The average molecular weight is 280 g/mol. The fraction of sp³-hybridized carbons (Fsp3) is 0.533. The largest absolute Gasteiger partial charge is 0.481 e. The molecule has 0 unspecified atom stereocenters. The van der Waals surface area contributed by atoms with E-state index in [1.54, 1.807) is 0 Å². The molecule has 4 atom stereocenters. The second-order valence-corrected chi connectivity index (χ2v) is 6.16. The van der Waals surface area contributed by atoms with E-state index in [0.29, 0.717) is 11.1 Å². The number of hydrogen-bond acceptors (Lipinski definition) is 2. The van der Waals surface area contributed by atoms with Crippen LogP contribution < -0.4 is 0 Å². The SMILES string of the molecule is CN1[C@@H]2CC[C@H]1[C@@H](C(=O)O)[C@@H](c1ccc(Cl)cc1)C2. The number of halogens is 1. The maximum Gasteiger partial charge on any atom is 0.308 e. The summed E-state index contributed by atoms with van der Waals surface area (Å²) in [7, 11) is 2.07. The summed E-state index contributed by atoms with van der Waals surface area (Å²) in [5.74, 6) is -0.856. The van der Waals surface area contributed by atoms with Gasteiger partial charge in [0.2, 0.25) is 0 Å². The zero-order valence-electron chi connectivity index (χ0n) is 10.9. The molecular weight excluding hydrogens is 262 g/mol. The molecule has 2 aliphatic rings. The molecule has 2 aliphatic heterocycles. The molecule has 2 fully saturated rings. The second kappa shape index (κ2) is 4.80. The van der Waals surface area contributed by atoms with Crippen LogP contribution in [0.3, 0.4) is 0 Å². The maximum absolute atomic E-state index is 11.7. The van der Waals surface area contributed by atoms with Gasteiger partial charge in [0, 0.05) is 23.0 Å². The molecule has 2 saturated heterocycles. The molecule has 2 heterocycles. The molecular formula is C15H18ClNO2. The zero-order chi connectivity index (χ0) is 13.6. The molecule has 0 amide bonds. The van der Waals surface area contributed by atoms with Gasteiger partial charge in [-0.05, 0) is 44.0 Å². The van der Waals surface area contributed by atoms with Gasteiger partial charge in [-0.15, -0.1) is 0 Å². The molecule has 1 aromatic carbocycles. The zero-order valence-corrected chi connectivity index (χ0v) is 11.7. The van der Waals surface area contributed by atoms with E-state index in [9.17, 15) is 9.90 Å². The first-order valence-corrected chi connectivity index (χ1v) is 7.16. The predicted octanol–water partition coefficient (Wildman–Crippen LogP) is 2.99. The number of nitrogens with zero attached hydrogens (tertiary/aromatic N) is 1. The van der Waals surface area contributed by atoms with Crippen LogP contribution in [0.4, 0.5) is 0 Å². The lowest BCUT2D eigenvalue weighted by Crippen LogP contribution is -2.48. The van der Waals surface area contributed by atoms with Crippen molar-refractivity contribution in [2.75, 3.05) is 7.05 Å². The van der Waals surface area contributed by atoms with Gasteiger partial charge < -0.3 is 5.11 Å². The molecule has 0 saturated carbocycles. The number of carbonyl (C=O) groups is 1. The molecule has 2 bridgehead atoms. The Morgan fingerprint density at radius 3 is 2.63 bits per heavy atom. The van der Waals surface area contributed by atoms with Crippen LogP contribution in [0, 0.1) is 5.92 Å². The topological polar surface area (TPSA) is 40.5 Å². The van der Waals surface area contributed by atoms with Crippen molar-refractivity contribution in [3.63, 3.8) is 0 Å². The van der Waals surface area contributed by atoms with Gasteiger partial charge in [0.25, 0.3) is 0 Å². The summed E-state index contributed by atoms with van der Waals surface area (Å²) in [6.45, 7) is 0. The molecule has 19 heavy (non-hydrogen) atoms. The average Bonchev–Trinajstić information content (AvgIpc) is 2.63. The number of carboxylic acids is 1. The number of carboxylic acid groups (broad SMARTS) is 1. The van der Waals surface area contributed by atoms with E-state index < -0.39 is 5.97 Å². The monoisotopic (exact) mass is 279 g/mol. The first-order chi connectivity index (χ1) is 9.08. The van der Waals surface area contributed by atoms with Crippen LogP contribution in [0.1, 0.15) is 30.7 Å². The minimum absolute atomic E-state index is 0.114. The van der Waals surface area contributed by atoms with Gasteiger partial charge in [0.15, 0.2) is 0 Å². The van der Waals surface area contributed by atoms with Gasteiger partial charge in [-0.25, -0.2) is 0 Å². The predicted molar refractivity (Wildman–Crippen MR) is 74.5 cm³/mol. The van der Waals surface area contributed by atoms with Crippen molar-refractivity contribution in [3.8, 4) is 0 Å². The summed E-state index contributed by atoms with van der Waals surface area (Å²) in [6, 6.07) is 8.38. The normalized spacial score (nSPS) is 34.4. The van der Waals surface area contributed by atoms with Gasteiger partial charge in [0.1, 0.15) is 0 Å². The summed E-state index contributed by atoms with van der Waals surface area (Å²) in [5, 5.41) is 10.3. The number of piperidine rings is 1. The fourth-order valence-corrected chi connectivity index (χ4v) is 3.98. The number of rotatable bonds is 2. The maximum atomic E-state index is 11.7. The fourth-order valence-electron chi connectivity index (χ4n) is 3.86. The quantitative estimate of drug-likeness (QED) is 0.905. The van der Waals surface area contributed by atoms with Gasteiger partial charge in [-0.2, -0.15) is 0 Å².